The molecule has 0 saturated heterocycles. The zero-order valence-corrected chi connectivity index (χ0v) is 9.05. The van der Waals surface area contributed by atoms with Crippen LogP contribution in [0.4, 0.5) is 4.39 Å². The van der Waals surface area contributed by atoms with Crippen LogP contribution in [0.5, 0.6) is 0 Å². The summed E-state index contributed by atoms with van der Waals surface area (Å²) < 4.78 is 13.3. The quantitative estimate of drug-likeness (QED) is 0.880. The van der Waals surface area contributed by atoms with Crippen LogP contribution in [-0.4, -0.2) is 21.7 Å². The molecule has 0 fully saturated rings. The highest BCUT2D eigenvalue weighted by molar-refractivity contribution is 5.65. The summed E-state index contributed by atoms with van der Waals surface area (Å²) in [5.41, 5.74) is 2.13. The van der Waals surface area contributed by atoms with Gasteiger partial charge in [-0.05, 0) is 12.1 Å². The van der Waals surface area contributed by atoms with Crippen LogP contribution in [0.25, 0.3) is 17.1 Å². The second kappa shape index (κ2) is 5.32. The van der Waals surface area contributed by atoms with Crippen LogP contribution in [0.1, 0.15) is 5.56 Å². The van der Waals surface area contributed by atoms with Crippen LogP contribution in [-0.2, 0) is 0 Å². The lowest BCUT2D eigenvalue weighted by Gasteiger charge is -2.01. The van der Waals surface area contributed by atoms with Gasteiger partial charge in [-0.2, -0.15) is 0 Å². The molecule has 0 radical (unpaired) electrons. The summed E-state index contributed by atoms with van der Waals surface area (Å²) in [6.07, 6.45) is 4.25. The zero-order valence-electron chi connectivity index (χ0n) is 9.05. The van der Waals surface area contributed by atoms with E-state index in [2.05, 4.69) is 9.97 Å². The fourth-order valence-electron chi connectivity index (χ4n) is 1.46. The normalized spacial score (nSPS) is 11.5. The molecule has 0 aliphatic rings. The van der Waals surface area contributed by atoms with E-state index in [9.17, 15) is 4.39 Å². The minimum absolute atomic E-state index is 0.306. The minimum atomic E-state index is -0.429. The van der Waals surface area contributed by atoms with Crippen molar-refractivity contribution in [3.8, 4) is 11.3 Å². The molecule has 1 aromatic carbocycles. The smallest absolute Gasteiger partial charge is 0.128 e. The van der Waals surface area contributed by atoms with Crippen molar-refractivity contribution in [2.45, 2.75) is 0 Å². The fraction of sp³-hybridized carbons (Fsp3) is 0.0769. The fourth-order valence-corrected chi connectivity index (χ4v) is 1.46. The molecular formula is C13H11FN2O. The molecule has 1 heterocycles. The van der Waals surface area contributed by atoms with Crippen molar-refractivity contribution in [2.24, 2.45) is 0 Å². The molecule has 86 valence electrons. The van der Waals surface area contributed by atoms with Crippen molar-refractivity contribution in [1.29, 1.82) is 0 Å². The maximum atomic E-state index is 13.3. The third-order valence-electron chi connectivity index (χ3n) is 2.31. The third kappa shape index (κ3) is 2.73. The molecule has 0 saturated carbocycles. The number of rotatable bonds is 3. The number of aliphatic hydroxyl groups excluding tert-OH is 1. The van der Waals surface area contributed by atoms with E-state index in [0.717, 1.165) is 17.3 Å². The summed E-state index contributed by atoms with van der Waals surface area (Å²) >= 11 is 0. The van der Waals surface area contributed by atoms with Gasteiger partial charge in [0.05, 0.1) is 12.3 Å². The Balaban J connectivity index is 2.28. The number of hydrogen-bond acceptors (Lipinski definition) is 3. The molecule has 0 aliphatic heterocycles. The second-order valence-corrected chi connectivity index (χ2v) is 3.41. The van der Waals surface area contributed by atoms with E-state index in [1.54, 1.807) is 36.5 Å². The van der Waals surface area contributed by atoms with Gasteiger partial charge in [-0.3, -0.25) is 0 Å². The number of aromatic nitrogens is 2. The van der Waals surface area contributed by atoms with Gasteiger partial charge in [-0.15, -0.1) is 0 Å². The van der Waals surface area contributed by atoms with Gasteiger partial charge in [0.25, 0.3) is 0 Å². The van der Waals surface area contributed by atoms with Crippen LogP contribution in [0.3, 0.4) is 0 Å². The lowest BCUT2D eigenvalue weighted by molar-refractivity contribution is 0.342. The summed E-state index contributed by atoms with van der Waals surface area (Å²) in [6, 6.07) is 8.65. The van der Waals surface area contributed by atoms with E-state index in [0.29, 0.717) is 5.56 Å². The molecule has 0 amide bonds. The molecule has 4 heteroatoms. The highest BCUT2D eigenvalue weighted by atomic mass is 19.1. The molecule has 1 aromatic heterocycles. The monoisotopic (exact) mass is 230 g/mol. The molecule has 1 N–H and O–H groups in total. The number of benzene rings is 1. The first-order valence-electron chi connectivity index (χ1n) is 5.14. The van der Waals surface area contributed by atoms with Gasteiger partial charge in [-0.25, -0.2) is 14.4 Å². The predicted octanol–water partition coefficient (Wildman–Crippen LogP) is 2.45. The average molecular weight is 230 g/mol. The summed E-state index contributed by atoms with van der Waals surface area (Å²) in [6.45, 7) is -0.306. The third-order valence-corrected chi connectivity index (χ3v) is 2.31. The molecule has 17 heavy (non-hydrogen) atoms. The van der Waals surface area contributed by atoms with E-state index < -0.39 is 5.83 Å². The molecule has 0 atom stereocenters. The van der Waals surface area contributed by atoms with Crippen LogP contribution in [0.2, 0.25) is 0 Å². The van der Waals surface area contributed by atoms with Gasteiger partial charge in [0.1, 0.15) is 12.2 Å². The average Bonchev–Trinajstić information content (AvgIpc) is 2.40. The Kier molecular flexibility index (Phi) is 3.57. The number of nitrogens with zero attached hydrogens (tertiary/aromatic N) is 2. The van der Waals surface area contributed by atoms with Gasteiger partial charge in [0, 0.05) is 17.3 Å². The highest BCUT2D eigenvalue weighted by Gasteiger charge is 2.01. The zero-order chi connectivity index (χ0) is 12.1. The Morgan fingerprint density at radius 1 is 1.24 bits per heavy atom. The lowest BCUT2D eigenvalue weighted by atomic mass is 10.1. The van der Waals surface area contributed by atoms with E-state index >= 15 is 0 Å². The maximum absolute atomic E-state index is 13.3. The van der Waals surface area contributed by atoms with Gasteiger partial charge < -0.3 is 5.11 Å². The highest BCUT2D eigenvalue weighted by Crippen LogP contribution is 2.21. The van der Waals surface area contributed by atoms with Crippen LogP contribution >= 0.6 is 0 Å². The minimum Gasteiger partial charge on any atom is -0.392 e. The van der Waals surface area contributed by atoms with Crippen molar-refractivity contribution in [2.75, 3.05) is 6.61 Å². The van der Waals surface area contributed by atoms with E-state index in [1.807, 2.05) is 0 Å². The number of aliphatic hydroxyl groups is 1. The molecular weight excluding hydrogens is 219 g/mol. The molecule has 0 unspecified atom stereocenters. The van der Waals surface area contributed by atoms with Gasteiger partial charge >= 0.3 is 0 Å². The van der Waals surface area contributed by atoms with Crippen molar-refractivity contribution in [1.82, 2.24) is 9.97 Å². The Hall–Kier alpha value is -2.07. The molecule has 2 aromatic rings. The number of hydrogen-bond donors (Lipinski definition) is 1. The van der Waals surface area contributed by atoms with E-state index in [-0.39, 0.29) is 6.61 Å². The molecule has 0 bridgehead atoms. The first-order valence-corrected chi connectivity index (χ1v) is 5.14. The predicted molar refractivity (Wildman–Crippen MR) is 63.6 cm³/mol. The Bertz CT molecular complexity index is 509. The molecule has 2 rings (SSSR count). The topological polar surface area (TPSA) is 46.0 Å². The summed E-state index contributed by atoms with van der Waals surface area (Å²) in [4.78, 5) is 7.93. The van der Waals surface area contributed by atoms with Crippen LogP contribution in [0, 0.1) is 0 Å². The maximum Gasteiger partial charge on any atom is 0.128 e. The number of halogens is 1. The van der Waals surface area contributed by atoms with Crippen molar-refractivity contribution in [3.63, 3.8) is 0 Å². The SMILES string of the molecule is OC/C=C(/F)c1ccc(-c2ccncn2)cc1. The molecule has 0 spiro atoms. The van der Waals surface area contributed by atoms with Crippen molar-refractivity contribution in [3.05, 3.63) is 54.5 Å². The standard InChI is InChI=1S/C13H11FN2O/c14-12(6-8-17)10-1-3-11(4-2-10)13-5-7-15-9-16-13/h1-7,9,17H,8H2/b12-6+. The molecule has 3 nitrogen and oxygen atoms in total. The van der Waals surface area contributed by atoms with Crippen molar-refractivity contribution >= 4 is 5.83 Å². The summed E-state index contributed by atoms with van der Waals surface area (Å²) in [7, 11) is 0. The van der Waals surface area contributed by atoms with E-state index in [1.165, 1.54) is 6.33 Å². The molecule has 0 aliphatic carbocycles. The van der Waals surface area contributed by atoms with Crippen LogP contribution in [0.15, 0.2) is 48.9 Å². The van der Waals surface area contributed by atoms with E-state index in [4.69, 9.17) is 5.11 Å². The Morgan fingerprint density at radius 3 is 2.59 bits per heavy atom. The summed E-state index contributed by atoms with van der Waals surface area (Å²) in [5.74, 6) is -0.429. The van der Waals surface area contributed by atoms with Gasteiger partial charge in [-0.1, -0.05) is 24.3 Å². The lowest BCUT2D eigenvalue weighted by Crippen LogP contribution is -1.85. The van der Waals surface area contributed by atoms with Gasteiger partial charge in [0.15, 0.2) is 0 Å². The Morgan fingerprint density at radius 2 is 2.00 bits per heavy atom. The first kappa shape index (κ1) is 11.4. The first-order chi connectivity index (χ1) is 8.31. The largest absolute Gasteiger partial charge is 0.392 e. The van der Waals surface area contributed by atoms with Gasteiger partial charge in [0.2, 0.25) is 0 Å². The summed E-state index contributed by atoms with van der Waals surface area (Å²) in [5, 5.41) is 8.60. The second-order valence-electron chi connectivity index (χ2n) is 3.41. The van der Waals surface area contributed by atoms with Crippen LogP contribution < -0.4 is 0 Å². The van der Waals surface area contributed by atoms with Crippen molar-refractivity contribution < 1.29 is 9.50 Å². The Labute approximate surface area is 98.3 Å².